The molecule has 0 spiro atoms. The van der Waals surface area contributed by atoms with Crippen LogP contribution in [0.3, 0.4) is 0 Å². The molecule has 0 unspecified atom stereocenters. The van der Waals surface area contributed by atoms with Crippen LogP contribution in [0.15, 0.2) is 29.6 Å². The van der Waals surface area contributed by atoms with Crippen LogP contribution in [0, 0.1) is 0 Å². The van der Waals surface area contributed by atoms with E-state index < -0.39 is 6.09 Å². The summed E-state index contributed by atoms with van der Waals surface area (Å²) in [6.45, 7) is 0.362. The molecule has 2 N–H and O–H groups in total. The highest BCUT2D eigenvalue weighted by Gasteiger charge is 2.19. The second-order valence-electron chi connectivity index (χ2n) is 4.48. The van der Waals surface area contributed by atoms with E-state index in [1.54, 1.807) is 6.20 Å². The van der Waals surface area contributed by atoms with Crippen LogP contribution in [0.2, 0.25) is 0 Å². The summed E-state index contributed by atoms with van der Waals surface area (Å²) in [5.41, 5.74) is 1.83. The molecule has 6 nitrogen and oxygen atoms in total. The Bertz CT molecular complexity index is 438. The second-order valence-corrected chi connectivity index (χ2v) is 4.48. The molecule has 1 amide bonds. The predicted molar refractivity (Wildman–Crippen MR) is 69.9 cm³/mol. The molecule has 0 bridgehead atoms. The van der Waals surface area contributed by atoms with Gasteiger partial charge in [-0.25, -0.2) is 4.79 Å². The molecule has 1 aliphatic carbocycles. The van der Waals surface area contributed by atoms with Crippen LogP contribution >= 0.6 is 0 Å². The van der Waals surface area contributed by atoms with E-state index in [-0.39, 0.29) is 6.04 Å². The van der Waals surface area contributed by atoms with E-state index in [9.17, 15) is 4.79 Å². The minimum absolute atomic E-state index is 0.0345. The predicted octanol–water partition coefficient (Wildman–Crippen LogP) is 2.16. The molecule has 0 atom stereocenters. The van der Waals surface area contributed by atoms with Crippen LogP contribution in [0.25, 0.3) is 0 Å². The van der Waals surface area contributed by atoms with Crippen molar-refractivity contribution in [3.05, 3.63) is 30.1 Å². The van der Waals surface area contributed by atoms with Gasteiger partial charge in [0, 0.05) is 12.2 Å². The normalized spacial score (nSPS) is 18.7. The number of hydrogen-bond donors (Lipinski definition) is 2. The molecule has 0 aliphatic heterocycles. The van der Waals surface area contributed by atoms with Crippen molar-refractivity contribution >= 4 is 11.8 Å². The molecule has 1 aromatic heterocycles. The van der Waals surface area contributed by atoms with Crippen LogP contribution in [0.1, 0.15) is 31.4 Å². The highest BCUT2D eigenvalue weighted by Crippen LogP contribution is 2.16. The van der Waals surface area contributed by atoms with Gasteiger partial charge in [0.1, 0.15) is 0 Å². The molecule has 1 aromatic rings. The fraction of sp³-hybridized carbons (Fsp3) is 0.462. The summed E-state index contributed by atoms with van der Waals surface area (Å²) in [6, 6.07) is 5.67. The van der Waals surface area contributed by atoms with Gasteiger partial charge < -0.3 is 15.3 Å². The maximum Gasteiger partial charge on any atom is 0.404 e. The second kappa shape index (κ2) is 6.72. The van der Waals surface area contributed by atoms with Gasteiger partial charge in [-0.2, -0.15) is 0 Å². The van der Waals surface area contributed by atoms with Crippen molar-refractivity contribution < 1.29 is 14.7 Å². The number of carboxylic acid groups (broad SMARTS) is 1. The standard InChI is InChI=1S/C13H17N3O3/c17-13(18)15-10-4-6-11(7-5-10)16-19-9-12-3-1-2-8-14-12/h1-3,8,10,15H,4-7,9H2,(H,17,18). The average molecular weight is 263 g/mol. The van der Waals surface area contributed by atoms with Crippen LogP contribution in [-0.2, 0) is 11.4 Å². The van der Waals surface area contributed by atoms with E-state index in [4.69, 9.17) is 9.94 Å². The Labute approximate surface area is 111 Å². The third-order valence-corrected chi connectivity index (χ3v) is 3.02. The summed E-state index contributed by atoms with van der Waals surface area (Å²) >= 11 is 0. The molecule has 2 rings (SSSR count). The Balaban J connectivity index is 1.72. The first-order valence-corrected chi connectivity index (χ1v) is 6.31. The van der Waals surface area contributed by atoms with E-state index in [2.05, 4.69) is 15.5 Å². The SMILES string of the molecule is O=C(O)NC1CCC(=NOCc2ccccn2)CC1. The summed E-state index contributed by atoms with van der Waals surface area (Å²) < 4.78 is 0. The summed E-state index contributed by atoms with van der Waals surface area (Å²) in [5.74, 6) is 0. The third-order valence-electron chi connectivity index (χ3n) is 3.02. The molecule has 102 valence electrons. The maximum atomic E-state index is 10.5. The van der Waals surface area contributed by atoms with Gasteiger partial charge in [0.05, 0.1) is 11.4 Å². The van der Waals surface area contributed by atoms with Gasteiger partial charge in [0.2, 0.25) is 0 Å². The lowest BCUT2D eigenvalue weighted by atomic mass is 9.94. The lowest BCUT2D eigenvalue weighted by Gasteiger charge is -2.22. The van der Waals surface area contributed by atoms with Crippen molar-refractivity contribution in [3.8, 4) is 0 Å². The Kier molecular flexibility index (Phi) is 4.72. The van der Waals surface area contributed by atoms with Gasteiger partial charge in [0.15, 0.2) is 6.61 Å². The number of rotatable bonds is 4. The van der Waals surface area contributed by atoms with E-state index in [0.29, 0.717) is 6.61 Å². The maximum absolute atomic E-state index is 10.5. The molecule has 19 heavy (non-hydrogen) atoms. The first-order valence-electron chi connectivity index (χ1n) is 6.31. The molecule has 1 fully saturated rings. The van der Waals surface area contributed by atoms with Crippen LogP contribution in [-0.4, -0.2) is 27.9 Å². The molecule has 1 heterocycles. The van der Waals surface area contributed by atoms with Crippen LogP contribution < -0.4 is 5.32 Å². The Hall–Kier alpha value is -2.11. The largest absolute Gasteiger partial charge is 0.465 e. The van der Waals surface area contributed by atoms with Gasteiger partial charge >= 0.3 is 6.09 Å². The van der Waals surface area contributed by atoms with Gasteiger partial charge in [-0.15, -0.1) is 0 Å². The van der Waals surface area contributed by atoms with Crippen molar-refractivity contribution in [2.24, 2.45) is 5.16 Å². The van der Waals surface area contributed by atoms with Gasteiger partial charge in [0.25, 0.3) is 0 Å². The summed E-state index contributed by atoms with van der Waals surface area (Å²) in [6.07, 6.45) is 3.85. The monoisotopic (exact) mass is 263 g/mol. The third kappa shape index (κ3) is 4.57. The molecule has 0 aromatic carbocycles. The van der Waals surface area contributed by atoms with Crippen molar-refractivity contribution in [2.75, 3.05) is 0 Å². The number of aromatic nitrogens is 1. The Morgan fingerprint density at radius 3 is 2.89 bits per heavy atom. The van der Waals surface area contributed by atoms with E-state index in [1.165, 1.54) is 0 Å². The molecular weight excluding hydrogens is 246 g/mol. The first-order chi connectivity index (χ1) is 9.24. The minimum atomic E-state index is -0.961. The molecule has 0 saturated heterocycles. The number of hydrogen-bond acceptors (Lipinski definition) is 4. The van der Waals surface area contributed by atoms with Crippen LogP contribution in [0.4, 0.5) is 4.79 Å². The molecule has 6 heteroatoms. The van der Waals surface area contributed by atoms with E-state index in [0.717, 1.165) is 37.1 Å². The van der Waals surface area contributed by atoms with Gasteiger partial charge in [-0.1, -0.05) is 11.2 Å². The van der Waals surface area contributed by atoms with Gasteiger partial charge in [-0.05, 0) is 37.8 Å². The van der Waals surface area contributed by atoms with E-state index >= 15 is 0 Å². The summed E-state index contributed by atoms with van der Waals surface area (Å²) in [4.78, 5) is 19.9. The lowest BCUT2D eigenvalue weighted by molar-refractivity contribution is 0.125. The van der Waals surface area contributed by atoms with Crippen molar-refractivity contribution in [2.45, 2.75) is 38.3 Å². The quantitative estimate of drug-likeness (QED) is 0.815. The fourth-order valence-corrected chi connectivity index (χ4v) is 2.03. The average Bonchev–Trinajstić information content (AvgIpc) is 2.41. The highest BCUT2D eigenvalue weighted by molar-refractivity contribution is 5.84. The highest BCUT2D eigenvalue weighted by atomic mass is 16.6. The molecular formula is C13H17N3O3. The van der Waals surface area contributed by atoms with Gasteiger partial charge in [-0.3, -0.25) is 4.98 Å². The number of pyridine rings is 1. The first kappa shape index (κ1) is 13.3. The number of nitrogens with zero attached hydrogens (tertiary/aromatic N) is 2. The topological polar surface area (TPSA) is 83.8 Å². The Morgan fingerprint density at radius 2 is 2.26 bits per heavy atom. The zero-order valence-corrected chi connectivity index (χ0v) is 10.6. The number of nitrogens with one attached hydrogen (secondary N) is 1. The minimum Gasteiger partial charge on any atom is -0.465 e. The van der Waals surface area contributed by atoms with E-state index in [1.807, 2.05) is 18.2 Å². The summed E-state index contributed by atoms with van der Waals surface area (Å²) in [5, 5.41) is 15.2. The number of oxime groups is 1. The summed E-state index contributed by atoms with van der Waals surface area (Å²) in [7, 11) is 0. The Morgan fingerprint density at radius 1 is 1.47 bits per heavy atom. The number of amides is 1. The van der Waals surface area contributed by atoms with Crippen molar-refractivity contribution in [1.29, 1.82) is 0 Å². The van der Waals surface area contributed by atoms with Crippen molar-refractivity contribution in [1.82, 2.24) is 10.3 Å². The molecule has 1 saturated carbocycles. The number of carbonyl (C=O) groups is 1. The zero-order valence-electron chi connectivity index (χ0n) is 10.6. The van der Waals surface area contributed by atoms with Crippen LogP contribution in [0.5, 0.6) is 0 Å². The fourth-order valence-electron chi connectivity index (χ4n) is 2.03. The van der Waals surface area contributed by atoms with Crippen molar-refractivity contribution in [3.63, 3.8) is 0 Å². The smallest absolute Gasteiger partial charge is 0.404 e. The zero-order chi connectivity index (χ0) is 13.5. The lowest BCUT2D eigenvalue weighted by Crippen LogP contribution is -2.36. The molecule has 0 radical (unpaired) electrons. The molecule has 1 aliphatic rings.